The number of aliphatic hydroxyl groups is 8. The number of hydrogen-bond acceptors (Lipinski definition) is 12. The summed E-state index contributed by atoms with van der Waals surface area (Å²) >= 11 is 0. The summed E-state index contributed by atoms with van der Waals surface area (Å²) in [5.41, 5.74) is 1.22. The minimum Gasteiger partial charge on any atom is -0.394 e. The van der Waals surface area contributed by atoms with E-state index in [-0.39, 0.29) is 22.2 Å². The maximum absolute atomic E-state index is 12.2. The first kappa shape index (κ1) is 41.4. The molecule has 3 unspecified atom stereocenters. The van der Waals surface area contributed by atoms with Gasteiger partial charge in [0.2, 0.25) is 0 Å². The standard InChI is InChI=1S/C42H70O12/c1-20(2)21-11-13-39(5)15-16-41(7)22(28(21)39)9-10-27-40(6)17-23(45)35(38(3,4)26(40)12-14-42(27,41)8)54-37-34(32(49)30(47)25(19-44)52-37)53-36-33(50)31(48)29(46)24(18-43)51-36/h21-37,43-50H,1,9-19H2,2-8H3/t21-,22+,23?,24+,25+,26-,27?,28+,29+,30+,31-,32-,33+,34+,35?,36-,37-,39+,40-,41+,42+/m0/s1. The van der Waals surface area contributed by atoms with E-state index in [0.29, 0.717) is 35.5 Å². The molecule has 5 saturated carbocycles. The van der Waals surface area contributed by atoms with E-state index in [1.54, 1.807) is 0 Å². The lowest BCUT2D eigenvalue weighted by Crippen LogP contribution is -2.69. The lowest BCUT2D eigenvalue weighted by molar-refractivity contribution is -0.383. The Kier molecular flexibility index (Phi) is 10.9. The molecule has 7 rings (SSSR count). The molecule has 2 heterocycles. The Morgan fingerprint density at radius 2 is 1.30 bits per heavy atom. The topological polar surface area (TPSA) is 199 Å². The molecule has 5 aliphatic carbocycles. The molecule has 7 aliphatic rings. The van der Waals surface area contributed by atoms with E-state index in [1.165, 1.54) is 37.7 Å². The highest BCUT2D eigenvalue weighted by molar-refractivity contribution is 5.21. The van der Waals surface area contributed by atoms with E-state index >= 15 is 0 Å². The fraction of sp³-hybridized carbons (Fsp3) is 0.952. The molecule has 12 nitrogen and oxygen atoms in total. The van der Waals surface area contributed by atoms with Crippen LogP contribution in [0.3, 0.4) is 0 Å². The van der Waals surface area contributed by atoms with Gasteiger partial charge in [0.05, 0.1) is 25.4 Å². The fourth-order valence-electron chi connectivity index (χ4n) is 14.7. The molecular weight excluding hydrogens is 696 g/mol. The maximum Gasteiger partial charge on any atom is 0.187 e. The molecule has 310 valence electrons. The third kappa shape index (κ3) is 5.97. The highest BCUT2D eigenvalue weighted by Crippen LogP contribution is 2.77. The van der Waals surface area contributed by atoms with Crippen molar-refractivity contribution in [3.05, 3.63) is 12.2 Å². The van der Waals surface area contributed by atoms with Crippen LogP contribution in [0.15, 0.2) is 12.2 Å². The van der Waals surface area contributed by atoms with E-state index in [4.69, 9.17) is 18.9 Å². The van der Waals surface area contributed by atoms with Crippen molar-refractivity contribution in [1.29, 1.82) is 0 Å². The van der Waals surface area contributed by atoms with Gasteiger partial charge in [-0.1, -0.05) is 53.7 Å². The molecule has 0 amide bonds. The first-order valence-corrected chi connectivity index (χ1v) is 20.8. The third-order valence-corrected chi connectivity index (χ3v) is 17.6. The van der Waals surface area contributed by atoms with Gasteiger partial charge in [-0.15, -0.1) is 0 Å². The zero-order valence-electron chi connectivity index (χ0n) is 33.5. The molecule has 2 aliphatic heterocycles. The van der Waals surface area contributed by atoms with Crippen LogP contribution >= 0.6 is 0 Å². The molecule has 54 heavy (non-hydrogen) atoms. The van der Waals surface area contributed by atoms with Gasteiger partial charge in [-0.3, -0.25) is 0 Å². The van der Waals surface area contributed by atoms with Crippen LogP contribution in [0.1, 0.15) is 106 Å². The summed E-state index contributed by atoms with van der Waals surface area (Å²) in [4.78, 5) is 0. The molecule has 7 fully saturated rings. The summed E-state index contributed by atoms with van der Waals surface area (Å²) in [6.07, 6.45) is -7.27. The van der Waals surface area contributed by atoms with E-state index in [1.807, 2.05) is 0 Å². The van der Waals surface area contributed by atoms with Crippen LogP contribution in [-0.4, -0.2) is 128 Å². The third-order valence-electron chi connectivity index (χ3n) is 17.6. The maximum atomic E-state index is 12.2. The van der Waals surface area contributed by atoms with Crippen LogP contribution < -0.4 is 0 Å². The smallest absolute Gasteiger partial charge is 0.187 e. The van der Waals surface area contributed by atoms with Gasteiger partial charge >= 0.3 is 0 Å². The largest absolute Gasteiger partial charge is 0.394 e. The zero-order valence-corrected chi connectivity index (χ0v) is 33.5. The molecule has 0 spiro atoms. The van der Waals surface area contributed by atoms with Crippen molar-refractivity contribution in [1.82, 2.24) is 0 Å². The normalized spacial score (nSPS) is 57.0. The molecule has 21 atom stereocenters. The van der Waals surface area contributed by atoms with E-state index in [9.17, 15) is 40.9 Å². The second-order valence-electron chi connectivity index (χ2n) is 20.5. The van der Waals surface area contributed by atoms with Crippen molar-refractivity contribution in [2.75, 3.05) is 13.2 Å². The SMILES string of the molecule is C=C(C)[C@@H]1CC[C@]2(C)CC[C@]3(C)[C@H](CCC4[C@@]5(C)CC(O)C(O[C@@H]6O[C@H](CO)[C@@H](O)[C@H](O)[C@H]6O[C@@H]6O[C@H](CO)[C@@H](O)[C@H](O)[C@H]6O)C(C)(C)[C@@H]5CC[C@]43C)[C@@H]12. The van der Waals surface area contributed by atoms with E-state index in [2.05, 4.69) is 55.0 Å². The van der Waals surface area contributed by atoms with Gasteiger partial charge in [0.1, 0.15) is 48.8 Å². The summed E-state index contributed by atoms with van der Waals surface area (Å²) in [5.74, 6) is 2.47. The van der Waals surface area contributed by atoms with Crippen molar-refractivity contribution in [3.8, 4) is 0 Å². The first-order chi connectivity index (χ1) is 25.2. The zero-order chi connectivity index (χ0) is 39.5. The molecule has 0 aromatic carbocycles. The Balaban J connectivity index is 1.15. The molecular formula is C42H70O12. The van der Waals surface area contributed by atoms with Gasteiger partial charge in [-0.25, -0.2) is 0 Å². The monoisotopic (exact) mass is 766 g/mol. The van der Waals surface area contributed by atoms with Crippen molar-refractivity contribution in [3.63, 3.8) is 0 Å². The molecule has 0 aromatic heterocycles. The van der Waals surface area contributed by atoms with Crippen LogP contribution in [0.25, 0.3) is 0 Å². The number of rotatable bonds is 7. The number of hydrogen-bond donors (Lipinski definition) is 8. The average Bonchev–Trinajstić information content (AvgIpc) is 3.47. The summed E-state index contributed by atoms with van der Waals surface area (Å²) in [6, 6.07) is 0. The van der Waals surface area contributed by atoms with Crippen molar-refractivity contribution in [2.24, 2.45) is 56.7 Å². The van der Waals surface area contributed by atoms with E-state index < -0.39 is 92.2 Å². The molecule has 12 heteroatoms. The molecule has 8 N–H and O–H groups in total. The molecule has 0 bridgehead atoms. The summed E-state index contributed by atoms with van der Waals surface area (Å²) < 4.78 is 24.2. The van der Waals surface area contributed by atoms with Gasteiger partial charge in [-0.2, -0.15) is 0 Å². The lowest BCUT2D eigenvalue weighted by atomic mass is 9.32. The minimum atomic E-state index is -1.77. The van der Waals surface area contributed by atoms with Gasteiger partial charge < -0.3 is 59.8 Å². The number of allylic oxidation sites excluding steroid dienone is 1. The van der Waals surface area contributed by atoms with Crippen molar-refractivity contribution in [2.45, 2.75) is 180 Å². The number of ether oxygens (including phenoxy) is 4. The Morgan fingerprint density at radius 3 is 1.93 bits per heavy atom. The van der Waals surface area contributed by atoms with Crippen LogP contribution in [0.5, 0.6) is 0 Å². The Morgan fingerprint density at radius 1 is 0.667 bits per heavy atom. The summed E-state index contributed by atoms with van der Waals surface area (Å²) in [7, 11) is 0. The Hall–Kier alpha value is -0.740. The fourth-order valence-corrected chi connectivity index (χ4v) is 14.7. The molecule has 2 saturated heterocycles. The lowest BCUT2D eigenvalue weighted by Gasteiger charge is -2.73. The predicted molar refractivity (Wildman–Crippen MR) is 197 cm³/mol. The van der Waals surface area contributed by atoms with Gasteiger partial charge in [0.15, 0.2) is 12.6 Å². The second-order valence-corrected chi connectivity index (χ2v) is 20.5. The summed E-state index contributed by atoms with van der Waals surface area (Å²) in [6.45, 7) is 19.8. The van der Waals surface area contributed by atoms with Gasteiger partial charge in [-0.05, 0) is 121 Å². The number of aliphatic hydroxyl groups excluding tert-OH is 8. The van der Waals surface area contributed by atoms with E-state index in [0.717, 1.165) is 19.3 Å². The Bertz CT molecular complexity index is 1390. The van der Waals surface area contributed by atoms with Crippen LogP contribution in [0, 0.1) is 56.7 Å². The number of fused-ring (bicyclic) bond motifs is 7. The molecule has 0 aromatic rings. The highest BCUT2D eigenvalue weighted by atomic mass is 16.8. The highest BCUT2D eigenvalue weighted by Gasteiger charge is 2.71. The van der Waals surface area contributed by atoms with Crippen molar-refractivity contribution >= 4 is 0 Å². The first-order valence-electron chi connectivity index (χ1n) is 20.8. The van der Waals surface area contributed by atoms with Crippen LogP contribution in [0.4, 0.5) is 0 Å². The summed E-state index contributed by atoms with van der Waals surface area (Å²) in [5, 5.41) is 85.6. The molecule has 0 radical (unpaired) electrons. The predicted octanol–water partition coefficient (Wildman–Crippen LogP) is 2.64. The quantitative estimate of drug-likeness (QED) is 0.140. The second kappa shape index (κ2) is 14.2. The average molecular weight is 767 g/mol. The van der Waals surface area contributed by atoms with Crippen molar-refractivity contribution < 1.29 is 59.8 Å². The minimum absolute atomic E-state index is 0.0968. The Labute approximate surface area is 321 Å². The van der Waals surface area contributed by atoms with Crippen LogP contribution in [0.2, 0.25) is 0 Å². The van der Waals surface area contributed by atoms with Crippen LogP contribution in [-0.2, 0) is 18.9 Å². The van der Waals surface area contributed by atoms with Gasteiger partial charge in [0, 0.05) is 0 Å². The van der Waals surface area contributed by atoms with Gasteiger partial charge in [0.25, 0.3) is 0 Å².